The number of halogens is 1. The van der Waals surface area contributed by atoms with Crippen molar-refractivity contribution in [2.24, 2.45) is 0 Å². The summed E-state index contributed by atoms with van der Waals surface area (Å²) in [5, 5.41) is 21.4. The van der Waals surface area contributed by atoms with Crippen molar-refractivity contribution in [3.8, 4) is 0 Å². The number of rotatable bonds is 2. The van der Waals surface area contributed by atoms with Gasteiger partial charge in [-0.25, -0.2) is 4.79 Å². The van der Waals surface area contributed by atoms with E-state index >= 15 is 0 Å². The van der Waals surface area contributed by atoms with E-state index in [0.29, 0.717) is 10.7 Å². The molecule has 0 aromatic heterocycles. The van der Waals surface area contributed by atoms with Gasteiger partial charge in [0, 0.05) is 6.42 Å². The standard InChI is InChI=1S/C12H13ClN2O4/c13-8-3-1-2-4-9(8)14-11(17)10-5-7(16)6-15(10)12(18)19/h1-4,7,10,16H,5-6H2,(H,14,17)(H,18,19)/t7-,10+/m0/s1. The summed E-state index contributed by atoms with van der Waals surface area (Å²) in [5.41, 5.74) is 0.417. The van der Waals surface area contributed by atoms with E-state index in [1.807, 2.05) is 0 Å². The molecular weight excluding hydrogens is 272 g/mol. The fraction of sp³-hybridized carbons (Fsp3) is 0.333. The third-order valence-electron chi connectivity index (χ3n) is 2.96. The fourth-order valence-corrected chi connectivity index (χ4v) is 2.24. The number of carboxylic acid groups (broad SMARTS) is 1. The van der Waals surface area contributed by atoms with Crippen LogP contribution in [0.4, 0.5) is 10.5 Å². The highest BCUT2D eigenvalue weighted by atomic mass is 35.5. The zero-order chi connectivity index (χ0) is 14.0. The number of benzene rings is 1. The lowest BCUT2D eigenvalue weighted by Gasteiger charge is -2.20. The molecule has 1 aliphatic heterocycles. The van der Waals surface area contributed by atoms with E-state index in [-0.39, 0.29) is 13.0 Å². The van der Waals surface area contributed by atoms with Gasteiger partial charge in [0.1, 0.15) is 6.04 Å². The van der Waals surface area contributed by atoms with Gasteiger partial charge in [0.25, 0.3) is 0 Å². The molecule has 7 heteroatoms. The van der Waals surface area contributed by atoms with Crippen LogP contribution in [0.15, 0.2) is 24.3 Å². The molecule has 2 amide bonds. The Morgan fingerprint density at radius 1 is 1.37 bits per heavy atom. The molecule has 0 radical (unpaired) electrons. The van der Waals surface area contributed by atoms with Gasteiger partial charge in [-0.2, -0.15) is 0 Å². The van der Waals surface area contributed by atoms with E-state index in [0.717, 1.165) is 4.90 Å². The lowest BCUT2D eigenvalue weighted by Crippen LogP contribution is -2.42. The Balaban J connectivity index is 2.11. The Labute approximate surface area is 114 Å². The molecule has 1 heterocycles. The molecule has 102 valence electrons. The predicted molar refractivity (Wildman–Crippen MR) is 69.2 cm³/mol. The number of nitrogens with zero attached hydrogens (tertiary/aromatic N) is 1. The number of nitrogens with one attached hydrogen (secondary N) is 1. The number of hydrogen-bond acceptors (Lipinski definition) is 3. The van der Waals surface area contributed by atoms with Crippen molar-refractivity contribution < 1.29 is 19.8 Å². The molecule has 1 aromatic carbocycles. The third-order valence-corrected chi connectivity index (χ3v) is 3.29. The molecule has 0 spiro atoms. The predicted octanol–water partition coefficient (Wildman–Crippen LogP) is 1.39. The fourth-order valence-electron chi connectivity index (χ4n) is 2.05. The first-order valence-corrected chi connectivity index (χ1v) is 6.10. The van der Waals surface area contributed by atoms with Gasteiger partial charge in [-0.3, -0.25) is 9.69 Å². The van der Waals surface area contributed by atoms with Crippen molar-refractivity contribution in [2.45, 2.75) is 18.6 Å². The van der Waals surface area contributed by atoms with E-state index in [1.54, 1.807) is 24.3 Å². The maximum atomic E-state index is 12.0. The van der Waals surface area contributed by atoms with Gasteiger partial charge in [0.2, 0.25) is 5.91 Å². The van der Waals surface area contributed by atoms with Gasteiger partial charge >= 0.3 is 6.09 Å². The van der Waals surface area contributed by atoms with E-state index in [4.69, 9.17) is 16.7 Å². The molecule has 1 fully saturated rings. The molecule has 1 aliphatic rings. The number of aliphatic hydroxyl groups is 1. The van der Waals surface area contributed by atoms with Crippen LogP contribution >= 0.6 is 11.6 Å². The summed E-state index contributed by atoms with van der Waals surface area (Å²) in [5.74, 6) is -0.493. The second-order valence-corrected chi connectivity index (χ2v) is 4.72. The molecule has 1 saturated heterocycles. The van der Waals surface area contributed by atoms with Gasteiger partial charge in [0.15, 0.2) is 0 Å². The number of carbonyl (C=O) groups is 2. The number of β-amino-alcohol motifs (C(OH)–C–C–N with tert-alkyl or cyclic N) is 1. The van der Waals surface area contributed by atoms with Gasteiger partial charge in [-0.15, -0.1) is 0 Å². The van der Waals surface area contributed by atoms with E-state index in [9.17, 15) is 14.7 Å². The van der Waals surface area contributed by atoms with Crippen LogP contribution in [-0.4, -0.2) is 45.8 Å². The van der Waals surface area contributed by atoms with Crippen LogP contribution < -0.4 is 5.32 Å². The van der Waals surface area contributed by atoms with Crippen LogP contribution in [0.5, 0.6) is 0 Å². The normalized spacial score (nSPS) is 22.3. The molecule has 0 unspecified atom stereocenters. The largest absolute Gasteiger partial charge is 0.465 e. The first kappa shape index (κ1) is 13.6. The minimum atomic E-state index is -1.23. The molecule has 0 bridgehead atoms. The first-order valence-electron chi connectivity index (χ1n) is 5.72. The number of carbonyl (C=O) groups excluding carboxylic acids is 1. The maximum absolute atomic E-state index is 12.0. The van der Waals surface area contributed by atoms with E-state index in [1.165, 1.54) is 0 Å². The number of anilines is 1. The summed E-state index contributed by atoms with van der Waals surface area (Å²) in [7, 11) is 0. The summed E-state index contributed by atoms with van der Waals surface area (Å²) in [6.07, 6.45) is -1.96. The maximum Gasteiger partial charge on any atom is 0.408 e. The highest BCUT2D eigenvalue weighted by molar-refractivity contribution is 6.33. The summed E-state index contributed by atoms with van der Waals surface area (Å²) in [6.45, 7) is -0.0596. The van der Waals surface area contributed by atoms with Crippen LogP contribution in [-0.2, 0) is 4.79 Å². The van der Waals surface area contributed by atoms with Crippen molar-refractivity contribution >= 4 is 29.3 Å². The second kappa shape index (κ2) is 5.46. The van der Waals surface area contributed by atoms with E-state index < -0.39 is 24.1 Å². The lowest BCUT2D eigenvalue weighted by atomic mass is 10.2. The minimum Gasteiger partial charge on any atom is -0.465 e. The Kier molecular flexibility index (Phi) is 3.92. The van der Waals surface area contributed by atoms with Gasteiger partial charge in [-0.05, 0) is 12.1 Å². The minimum absolute atomic E-state index is 0.0596. The zero-order valence-corrected chi connectivity index (χ0v) is 10.7. The Morgan fingerprint density at radius 3 is 2.68 bits per heavy atom. The highest BCUT2D eigenvalue weighted by Crippen LogP contribution is 2.23. The van der Waals surface area contributed by atoms with Crippen LogP contribution in [0.3, 0.4) is 0 Å². The molecule has 2 atom stereocenters. The summed E-state index contributed by atoms with van der Waals surface area (Å²) in [6, 6.07) is 5.77. The summed E-state index contributed by atoms with van der Waals surface area (Å²) >= 11 is 5.91. The highest BCUT2D eigenvalue weighted by Gasteiger charge is 2.39. The average molecular weight is 285 g/mol. The lowest BCUT2D eigenvalue weighted by molar-refractivity contribution is -0.120. The summed E-state index contributed by atoms with van der Waals surface area (Å²) < 4.78 is 0. The molecule has 0 saturated carbocycles. The SMILES string of the molecule is O=C(Nc1ccccc1Cl)[C@H]1C[C@H](O)CN1C(=O)O. The van der Waals surface area contributed by atoms with Crippen molar-refractivity contribution in [1.29, 1.82) is 0 Å². The van der Waals surface area contributed by atoms with Crippen LogP contribution in [0.1, 0.15) is 6.42 Å². The molecule has 0 aliphatic carbocycles. The van der Waals surface area contributed by atoms with Crippen molar-refractivity contribution in [2.75, 3.05) is 11.9 Å². The van der Waals surface area contributed by atoms with Gasteiger partial charge < -0.3 is 15.5 Å². The van der Waals surface area contributed by atoms with Crippen molar-refractivity contribution in [3.63, 3.8) is 0 Å². The monoisotopic (exact) mass is 284 g/mol. The number of para-hydroxylation sites is 1. The topological polar surface area (TPSA) is 89.9 Å². The number of likely N-dealkylation sites (tertiary alicyclic amines) is 1. The Hall–Kier alpha value is -1.79. The second-order valence-electron chi connectivity index (χ2n) is 4.31. The first-order chi connectivity index (χ1) is 8.99. The number of aliphatic hydroxyl groups excluding tert-OH is 1. The summed E-state index contributed by atoms with van der Waals surface area (Å²) in [4.78, 5) is 24.0. The van der Waals surface area contributed by atoms with Crippen molar-refractivity contribution in [3.05, 3.63) is 29.3 Å². The van der Waals surface area contributed by atoms with Crippen LogP contribution in [0, 0.1) is 0 Å². The number of hydrogen-bond donors (Lipinski definition) is 3. The third kappa shape index (κ3) is 2.97. The molecule has 1 aromatic rings. The molecule has 3 N–H and O–H groups in total. The Morgan fingerprint density at radius 2 is 2.05 bits per heavy atom. The van der Waals surface area contributed by atoms with Gasteiger partial charge in [-0.1, -0.05) is 23.7 Å². The van der Waals surface area contributed by atoms with E-state index in [2.05, 4.69) is 5.32 Å². The van der Waals surface area contributed by atoms with Crippen LogP contribution in [0.25, 0.3) is 0 Å². The molecule has 2 rings (SSSR count). The average Bonchev–Trinajstić information content (AvgIpc) is 2.74. The van der Waals surface area contributed by atoms with Gasteiger partial charge in [0.05, 0.1) is 23.4 Å². The van der Waals surface area contributed by atoms with Crippen LogP contribution in [0.2, 0.25) is 5.02 Å². The Bertz CT molecular complexity index is 508. The smallest absolute Gasteiger partial charge is 0.408 e. The molecular formula is C12H13ClN2O4. The molecule has 6 nitrogen and oxygen atoms in total. The van der Waals surface area contributed by atoms with Crippen molar-refractivity contribution in [1.82, 2.24) is 4.90 Å². The molecule has 19 heavy (non-hydrogen) atoms. The zero-order valence-electron chi connectivity index (χ0n) is 9.91. The number of amides is 2. The quantitative estimate of drug-likeness (QED) is 0.765.